The third kappa shape index (κ3) is 8.40. The zero-order valence-corrected chi connectivity index (χ0v) is 38.6. The molecule has 0 fully saturated rings. The second-order valence-corrected chi connectivity index (χ2v) is 17.8. The van der Waals surface area contributed by atoms with Gasteiger partial charge in [0, 0.05) is 34.1 Å². The Kier molecular flexibility index (Phi) is 11.3. The minimum atomic E-state index is 1.05. The van der Waals surface area contributed by atoms with E-state index in [0.717, 1.165) is 45.3 Å². The van der Waals surface area contributed by atoms with Gasteiger partial charge in [-0.25, -0.2) is 0 Å². The first-order chi connectivity index (χ1) is 34.7. The highest BCUT2D eigenvalue weighted by Gasteiger charge is 2.19. The Morgan fingerprint density at radius 1 is 0.171 bits per heavy atom. The highest BCUT2D eigenvalue weighted by atomic mass is 15.2. The van der Waals surface area contributed by atoms with Crippen molar-refractivity contribution >= 4 is 55.7 Å². The third-order valence-corrected chi connectivity index (χ3v) is 13.4. The van der Waals surface area contributed by atoms with E-state index in [1.54, 1.807) is 0 Å². The maximum atomic E-state index is 2.37. The van der Waals surface area contributed by atoms with Crippen molar-refractivity contribution in [3.8, 4) is 55.6 Å². The smallest absolute Gasteiger partial charge is 0.0482 e. The van der Waals surface area contributed by atoms with Crippen molar-refractivity contribution in [3.63, 3.8) is 0 Å². The molecule has 12 aromatic rings. The van der Waals surface area contributed by atoms with E-state index in [2.05, 4.69) is 301 Å². The lowest BCUT2D eigenvalue weighted by Crippen LogP contribution is -2.13. The molecule has 2 nitrogen and oxygen atoms in total. The third-order valence-electron chi connectivity index (χ3n) is 13.4. The molecule has 70 heavy (non-hydrogen) atoms. The molecule has 0 aliphatic carbocycles. The fourth-order valence-corrected chi connectivity index (χ4v) is 9.97. The van der Waals surface area contributed by atoms with Crippen LogP contribution >= 0.6 is 0 Å². The maximum Gasteiger partial charge on any atom is 0.0482 e. The Morgan fingerprint density at radius 3 is 1.24 bits per heavy atom. The number of rotatable bonds is 11. The van der Waals surface area contributed by atoms with Gasteiger partial charge in [0.25, 0.3) is 0 Å². The lowest BCUT2D eigenvalue weighted by Gasteiger charge is -2.30. The molecule has 0 aliphatic rings. The van der Waals surface area contributed by atoms with E-state index in [-0.39, 0.29) is 0 Å². The van der Waals surface area contributed by atoms with Gasteiger partial charge in [-0.05, 0) is 162 Å². The van der Waals surface area contributed by atoms with Crippen LogP contribution in [-0.4, -0.2) is 0 Å². The van der Waals surface area contributed by atoms with Gasteiger partial charge in [-0.1, -0.05) is 206 Å². The summed E-state index contributed by atoms with van der Waals surface area (Å²) in [5.74, 6) is 0. The normalized spacial score (nSPS) is 11.1. The van der Waals surface area contributed by atoms with Crippen molar-refractivity contribution in [2.24, 2.45) is 0 Å². The summed E-state index contributed by atoms with van der Waals surface area (Å²) in [6.45, 7) is 0. The van der Waals surface area contributed by atoms with E-state index in [1.165, 1.54) is 66.1 Å². The van der Waals surface area contributed by atoms with Gasteiger partial charge in [-0.3, -0.25) is 0 Å². The fraction of sp³-hybridized carbons (Fsp3) is 0. The van der Waals surface area contributed by atoms with Gasteiger partial charge in [0.05, 0.1) is 0 Å². The summed E-state index contributed by atoms with van der Waals surface area (Å²) >= 11 is 0. The molecule has 0 amide bonds. The Bertz CT molecular complexity index is 3750. The van der Waals surface area contributed by atoms with Crippen LogP contribution in [0.2, 0.25) is 0 Å². The molecule has 0 saturated heterocycles. The van der Waals surface area contributed by atoms with Crippen molar-refractivity contribution in [1.82, 2.24) is 0 Å². The van der Waals surface area contributed by atoms with Gasteiger partial charge in [0.2, 0.25) is 0 Å². The zero-order valence-electron chi connectivity index (χ0n) is 38.6. The van der Waals surface area contributed by atoms with Crippen LogP contribution in [0.3, 0.4) is 0 Å². The molecule has 330 valence electrons. The largest absolute Gasteiger partial charge is 0.310 e. The van der Waals surface area contributed by atoms with Gasteiger partial charge < -0.3 is 9.80 Å². The maximum absolute atomic E-state index is 2.37. The second-order valence-electron chi connectivity index (χ2n) is 17.8. The van der Waals surface area contributed by atoms with Gasteiger partial charge in [-0.15, -0.1) is 0 Å². The summed E-state index contributed by atoms with van der Waals surface area (Å²) in [6.07, 6.45) is 0. The van der Waals surface area contributed by atoms with E-state index >= 15 is 0 Å². The molecule has 2 heteroatoms. The Balaban J connectivity index is 0.959. The van der Waals surface area contributed by atoms with Crippen LogP contribution in [0.25, 0.3) is 77.2 Å². The molecule has 0 radical (unpaired) electrons. The van der Waals surface area contributed by atoms with Crippen molar-refractivity contribution in [1.29, 1.82) is 0 Å². The van der Waals surface area contributed by atoms with Crippen molar-refractivity contribution < 1.29 is 0 Å². The fourth-order valence-electron chi connectivity index (χ4n) is 9.97. The molecule has 0 saturated carbocycles. The summed E-state index contributed by atoms with van der Waals surface area (Å²) < 4.78 is 0. The van der Waals surface area contributed by atoms with E-state index in [9.17, 15) is 0 Å². The lowest BCUT2D eigenvalue weighted by atomic mass is 9.92. The molecular formula is C68H48N2. The first-order valence-electron chi connectivity index (χ1n) is 24.0. The molecule has 0 atom stereocenters. The SMILES string of the molecule is c1ccc(-c2ccc(N(c3ccc(-c4cc(-c5ccc6ccccc6c5)c5ccccc5c4)cc3)c3cccc(N(c4ccccc4)c4cccc(-c5ccccc5-c5ccccc5)c4)c3)cc2)cc1. The van der Waals surface area contributed by atoms with Crippen LogP contribution in [-0.2, 0) is 0 Å². The minimum Gasteiger partial charge on any atom is -0.310 e. The summed E-state index contributed by atoms with van der Waals surface area (Å²) in [7, 11) is 0. The predicted octanol–water partition coefficient (Wildman–Crippen LogP) is 19.3. The average molecular weight is 893 g/mol. The van der Waals surface area contributed by atoms with Gasteiger partial charge in [0.15, 0.2) is 0 Å². The molecule has 12 aromatic carbocycles. The van der Waals surface area contributed by atoms with Crippen molar-refractivity contribution in [2.75, 3.05) is 9.80 Å². The zero-order chi connectivity index (χ0) is 46.6. The average Bonchev–Trinajstić information content (AvgIpc) is 3.44. The molecule has 0 heterocycles. The minimum absolute atomic E-state index is 1.05. The number of hydrogen-bond donors (Lipinski definition) is 0. The van der Waals surface area contributed by atoms with Crippen LogP contribution in [0.4, 0.5) is 34.1 Å². The number of anilines is 6. The Hall–Kier alpha value is -9.24. The first kappa shape index (κ1) is 42.1. The summed E-state index contributed by atoms with van der Waals surface area (Å²) in [4.78, 5) is 4.74. The molecular weight excluding hydrogens is 845 g/mol. The van der Waals surface area contributed by atoms with E-state index < -0.39 is 0 Å². The summed E-state index contributed by atoms with van der Waals surface area (Å²) in [5.41, 5.74) is 18.3. The van der Waals surface area contributed by atoms with E-state index in [1.807, 2.05) is 0 Å². The molecule has 0 unspecified atom stereocenters. The number of nitrogens with zero attached hydrogens (tertiary/aromatic N) is 2. The highest BCUT2D eigenvalue weighted by molar-refractivity contribution is 6.02. The predicted molar refractivity (Wildman–Crippen MR) is 298 cm³/mol. The highest BCUT2D eigenvalue weighted by Crippen LogP contribution is 2.44. The molecule has 12 rings (SSSR count). The standard InChI is InChI=1S/C68H48N2/c1-4-18-49(19-5-1)51-36-40-60(41-37-51)69(61-42-38-52(39-43-61)58-45-55-24-12-13-33-67(55)68(47-58)57-35-34-50-20-10-11-23-54(50)44-57)63-29-17-30-64(48-63)70(59-26-8-3-9-27-59)62-28-16-25-56(46-62)66-32-15-14-31-65(66)53-21-6-2-7-22-53/h1-48H. The van der Waals surface area contributed by atoms with E-state index in [0.29, 0.717) is 0 Å². The molecule has 0 aromatic heterocycles. The van der Waals surface area contributed by atoms with Crippen LogP contribution in [0, 0.1) is 0 Å². The molecule has 0 N–H and O–H groups in total. The molecule has 0 spiro atoms. The Labute approximate surface area is 410 Å². The summed E-state index contributed by atoms with van der Waals surface area (Å²) in [6, 6.07) is 105. The number of para-hydroxylation sites is 1. The Morgan fingerprint density at radius 2 is 0.571 bits per heavy atom. The number of fused-ring (bicyclic) bond motifs is 2. The summed E-state index contributed by atoms with van der Waals surface area (Å²) in [5, 5.41) is 4.95. The van der Waals surface area contributed by atoms with Crippen molar-refractivity contribution in [2.45, 2.75) is 0 Å². The van der Waals surface area contributed by atoms with Crippen LogP contribution in [0.1, 0.15) is 0 Å². The second kappa shape index (κ2) is 18.8. The molecule has 0 aliphatic heterocycles. The van der Waals surface area contributed by atoms with E-state index in [4.69, 9.17) is 0 Å². The van der Waals surface area contributed by atoms with Gasteiger partial charge in [-0.2, -0.15) is 0 Å². The number of benzene rings is 12. The number of hydrogen-bond acceptors (Lipinski definition) is 2. The topological polar surface area (TPSA) is 6.48 Å². The van der Waals surface area contributed by atoms with Crippen LogP contribution < -0.4 is 9.80 Å². The van der Waals surface area contributed by atoms with Gasteiger partial charge >= 0.3 is 0 Å². The molecule has 0 bridgehead atoms. The van der Waals surface area contributed by atoms with Gasteiger partial charge in [0.1, 0.15) is 0 Å². The lowest BCUT2D eigenvalue weighted by molar-refractivity contribution is 1.25. The quantitative estimate of drug-likeness (QED) is 0.128. The van der Waals surface area contributed by atoms with Crippen LogP contribution in [0.5, 0.6) is 0 Å². The first-order valence-corrected chi connectivity index (χ1v) is 24.0. The monoisotopic (exact) mass is 892 g/mol. The van der Waals surface area contributed by atoms with Crippen LogP contribution in [0.15, 0.2) is 291 Å². The van der Waals surface area contributed by atoms with Crippen molar-refractivity contribution in [3.05, 3.63) is 291 Å².